The molecule has 2 saturated heterocycles. The number of hydrogen-bond acceptors (Lipinski definition) is 5. The van der Waals surface area contributed by atoms with Gasteiger partial charge in [-0.2, -0.15) is 0 Å². The van der Waals surface area contributed by atoms with Crippen LogP contribution in [0.15, 0.2) is 0 Å². The SMILES string of the molecule is CC1(C(=O)O)COCC1N1CCS(=O)(=O)CC1. The van der Waals surface area contributed by atoms with E-state index in [0.29, 0.717) is 19.7 Å². The maximum Gasteiger partial charge on any atom is 0.313 e. The molecule has 2 atom stereocenters. The Hall–Kier alpha value is -0.660. The third-order valence-electron chi connectivity index (χ3n) is 3.72. The van der Waals surface area contributed by atoms with E-state index in [1.807, 2.05) is 4.90 Å². The molecule has 1 N–H and O–H groups in total. The zero-order valence-corrected chi connectivity index (χ0v) is 10.6. The maximum absolute atomic E-state index is 11.3. The van der Waals surface area contributed by atoms with Gasteiger partial charge in [0.15, 0.2) is 9.84 Å². The predicted octanol–water partition coefficient (Wildman–Crippen LogP) is -0.793. The second kappa shape index (κ2) is 4.22. The second-order valence-corrected chi connectivity index (χ2v) is 7.24. The molecule has 98 valence electrons. The third kappa shape index (κ3) is 2.31. The Bertz CT molecular complexity index is 406. The topological polar surface area (TPSA) is 83.9 Å². The van der Waals surface area contributed by atoms with E-state index in [0.717, 1.165) is 0 Å². The molecule has 0 bridgehead atoms. The lowest BCUT2D eigenvalue weighted by molar-refractivity contribution is -0.150. The molecule has 0 spiro atoms. The first-order chi connectivity index (χ1) is 7.85. The van der Waals surface area contributed by atoms with E-state index in [-0.39, 0.29) is 24.2 Å². The van der Waals surface area contributed by atoms with Gasteiger partial charge in [0.2, 0.25) is 0 Å². The smallest absolute Gasteiger partial charge is 0.313 e. The molecule has 0 aliphatic carbocycles. The van der Waals surface area contributed by atoms with E-state index in [9.17, 15) is 18.3 Å². The molecule has 0 amide bonds. The van der Waals surface area contributed by atoms with Crippen LogP contribution < -0.4 is 0 Å². The molecule has 2 heterocycles. The summed E-state index contributed by atoms with van der Waals surface area (Å²) >= 11 is 0. The van der Waals surface area contributed by atoms with Crippen LogP contribution in [0.5, 0.6) is 0 Å². The van der Waals surface area contributed by atoms with E-state index >= 15 is 0 Å². The van der Waals surface area contributed by atoms with Crippen LogP contribution in [0.1, 0.15) is 6.92 Å². The largest absolute Gasteiger partial charge is 0.481 e. The number of carboxylic acid groups (broad SMARTS) is 1. The molecule has 17 heavy (non-hydrogen) atoms. The van der Waals surface area contributed by atoms with Gasteiger partial charge >= 0.3 is 5.97 Å². The van der Waals surface area contributed by atoms with Crippen molar-refractivity contribution in [1.82, 2.24) is 4.90 Å². The molecule has 6 nitrogen and oxygen atoms in total. The number of ether oxygens (including phenoxy) is 1. The Morgan fingerprint density at radius 2 is 2.00 bits per heavy atom. The van der Waals surface area contributed by atoms with Gasteiger partial charge in [0, 0.05) is 13.1 Å². The van der Waals surface area contributed by atoms with Gasteiger partial charge in [-0.1, -0.05) is 0 Å². The molecule has 2 fully saturated rings. The van der Waals surface area contributed by atoms with Crippen molar-refractivity contribution in [2.45, 2.75) is 13.0 Å². The summed E-state index contributed by atoms with van der Waals surface area (Å²) in [7, 11) is -2.93. The molecule has 0 aromatic rings. The number of carboxylic acids is 1. The molecule has 2 aliphatic heterocycles. The van der Waals surface area contributed by atoms with Gasteiger partial charge in [0.1, 0.15) is 5.41 Å². The summed E-state index contributed by atoms with van der Waals surface area (Å²) < 4.78 is 27.9. The van der Waals surface area contributed by atoms with Crippen LogP contribution in [0.2, 0.25) is 0 Å². The highest BCUT2D eigenvalue weighted by molar-refractivity contribution is 7.91. The van der Waals surface area contributed by atoms with Gasteiger partial charge in [0.05, 0.1) is 30.8 Å². The average Bonchev–Trinajstić information content (AvgIpc) is 2.62. The van der Waals surface area contributed by atoms with E-state index in [1.165, 1.54) is 0 Å². The van der Waals surface area contributed by atoms with Crippen molar-refractivity contribution in [3.8, 4) is 0 Å². The second-order valence-electron chi connectivity index (χ2n) is 4.94. The van der Waals surface area contributed by atoms with Gasteiger partial charge in [-0.3, -0.25) is 9.69 Å². The average molecular weight is 263 g/mol. The number of nitrogens with zero attached hydrogens (tertiary/aromatic N) is 1. The fourth-order valence-corrected chi connectivity index (χ4v) is 3.64. The van der Waals surface area contributed by atoms with Crippen molar-refractivity contribution < 1.29 is 23.1 Å². The zero-order valence-electron chi connectivity index (χ0n) is 9.76. The highest BCUT2D eigenvalue weighted by Gasteiger charge is 2.49. The molecule has 7 heteroatoms. The van der Waals surface area contributed by atoms with E-state index < -0.39 is 21.2 Å². The van der Waals surface area contributed by atoms with Gasteiger partial charge in [-0.25, -0.2) is 8.42 Å². The lowest BCUT2D eigenvalue weighted by atomic mass is 9.84. The minimum absolute atomic E-state index is 0.110. The number of aliphatic carboxylic acids is 1. The molecule has 0 radical (unpaired) electrons. The molecule has 0 aromatic carbocycles. The molecule has 2 rings (SSSR count). The molecule has 0 saturated carbocycles. The summed E-state index contributed by atoms with van der Waals surface area (Å²) in [6.45, 7) is 3.02. The van der Waals surface area contributed by atoms with Crippen molar-refractivity contribution in [3.05, 3.63) is 0 Å². The normalized spacial score (nSPS) is 38.1. The van der Waals surface area contributed by atoms with Crippen molar-refractivity contribution >= 4 is 15.8 Å². The van der Waals surface area contributed by atoms with E-state index in [4.69, 9.17) is 4.74 Å². The van der Waals surface area contributed by atoms with Gasteiger partial charge < -0.3 is 9.84 Å². The Kier molecular flexibility index (Phi) is 3.17. The number of hydrogen-bond donors (Lipinski definition) is 1. The Morgan fingerprint density at radius 3 is 2.53 bits per heavy atom. The fourth-order valence-electron chi connectivity index (χ4n) is 2.41. The van der Waals surface area contributed by atoms with Crippen LogP contribution in [0.4, 0.5) is 0 Å². The van der Waals surface area contributed by atoms with Crippen molar-refractivity contribution in [2.24, 2.45) is 5.41 Å². The van der Waals surface area contributed by atoms with Crippen LogP contribution in [-0.2, 0) is 19.4 Å². The lowest BCUT2D eigenvalue weighted by Crippen LogP contribution is -2.54. The first-order valence-electron chi connectivity index (χ1n) is 5.61. The van der Waals surface area contributed by atoms with Crippen LogP contribution in [0, 0.1) is 5.41 Å². The monoisotopic (exact) mass is 263 g/mol. The zero-order chi connectivity index (χ0) is 12.7. The quantitative estimate of drug-likeness (QED) is 0.702. The van der Waals surface area contributed by atoms with Crippen LogP contribution >= 0.6 is 0 Å². The molecule has 2 unspecified atom stereocenters. The Balaban J connectivity index is 2.11. The van der Waals surface area contributed by atoms with E-state index in [1.54, 1.807) is 6.92 Å². The summed E-state index contributed by atoms with van der Waals surface area (Å²) in [5.74, 6) is -0.660. The fraction of sp³-hybridized carbons (Fsp3) is 0.900. The van der Waals surface area contributed by atoms with Crippen molar-refractivity contribution in [1.29, 1.82) is 0 Å². The maximum atomic E-state index is 11.3. The van der Waals surface area contributed by atoms with E-state index in [2.05, 4.69) is 0 Å². The summed E-state index contributed by atoms with van der Waals surface area (Å²) in [5.41, 5.74) is -0.929. The predicted molar refractivity (Wildman–Crippen MR) is 60.6 cm³/mol. The van der Waals surface area contributed by atoms with Crippen molar-refractivity contribution in [2.75, 3.05) is 37.8 Å². The standard InChI is InChI=1S/C10H17NO5S/c1-10(9(12)13)7-16-6-8(10)11-2-4-17(14,15)5-3-11/h8H,2-7H2,1H3,(H,12,13). The van der Waals surface area contributed by atoms with Gasteiger partial charge in [-0.05, 0) is 6.92 Å². The lowest BCUT2D eigenvalue weighted by Gasteiger charge is -2.37. The molecular formula is C10H17NO5S. The number of sulfone groups is 1. The minimum Gasteiger partial charge on any atom is -0.481 e. The summed E-state index contributed by atoms with van der Waals surface area (Å²) in [6.07, 6.45) is 0. The first-order valence-corrected chi connectivity index (χ1v) is 7.43. The Labute approximate surface area is 100 Å². The van der Waals surface area contributed by atoms with Crippen LogP contribution in [0.3, 0.4) is 0 Å². The summed E-state index contributed by atoms with van der Waals surface area (Å²) in [4.78, 5) is 13.2. The highest BCUT2D eigenvalue weighted by atomic mass is 32.2. The minimum atomic E-state index is -2.93. The highest BCUT2D eigenvalue weighted by Crippen LogP contribution is 2.33. The van der Waals surface area contributed by atoms with Gasteiger partial charge in [0.25, 0.3) is 0 Å². The molecule has 2 aliphatic rings. The molecular weight excluding hydrogens is 246 g/mol. The van der Waals surface area contributed by atoms with Crippen molar-refractivity contribution in [3.63, 3.8) is 0 Å². The van der Waals surface area contributed by atoms with Crippen LogP contribution in [0.25, 0.3) is 0 Å². The molecule has 0 aromatic heterocycles. The number of rotatable bonds is 2. The van der Waals surface area contributed by atoms with Gasteiger partial charge in [-0.15, -0.1) is 0 Å². The first kappa shape index (κ1) is 12.8. The summed E-state index contributed by atoms with van der Waals surface area (Å²) in [6, 6.07) is -0.226. The summed E-state index contributed by atoms with van der Waals surface area (Å²) in [5, 5.41) is 9.25. The Morgan fingerprint density at radius 1 is 1.41 bits per heavy atom. The van der Waals surface area contributed by atoms with Crippen LogP contribution in [-0.4, -0.2) is 68.2 Å². The number of carbonyl (C=O) groups is 1. The third-order valence-corrected chi connectivity index (χ3v) is 5.33.